The fourth-order valence-electron chi connectivity index (χ4n) is 4.30. The molecule has 1 fully saturated rings. The lowest BCUT2D eigenvalue weighted by Gasteiger charge is -2.36. The molecule has 0 atom stereocenters. The van der Waals surface area contributed by atoms with E-state index in [9.17, 15) is 17.6 Å². The smallest absolute Gasteiger partial charge is 0.243 e. The SMILES string of the molecule is Cc1ccc2c(c1)CCCN2C(=O)C1CCN(S(=O)(=O)c2ccc(F)c(Cl)c2)CC1. The van der Waals surface area contributed by atoms with E-state index in [2.05, 4.69) is 6.07 Å². The summed E-state index contributed by atoms with van der Waals surface area (Å²) in [6.07, 6.45) is 2.83. The Morgan fingerprint density at radius 2 is 1.83 bits per heavy atom. The molecule has 0 aliphatic carbocycles. The Hall–Kier alpha value is -1.96. The summed E-state index contributed by atoms with van der Waals surface area (Å²) in [6, 6.07) is 9.59. The lowest BCUT2D eigenvalue weighted by molar-refractivity contribution is -0.123. The number of sulfonamides is 1. The summed E-state index contributed by atoms with van der Waals surface area (Å²) in [5.41, 5.74) is 3.36. The van der Waals surface area contributed by atoms with E-state index in [0.29, 0.717) is 19.4 Å². The maximum atomic E-state index is 13.4. The molecule has 1 saturated heterocycles. The summed E-state index contributed by atoms with van der Waals surface area (Å²) in [7, 11) is -3.77. The Balaban J connectivity index is 1.46. The van der Waals surface area contributed by atoms with E-state index in [-0.39, 0.29) is 34.8 Å². The summed E-state index contributed by atoms with van der Waals surface area (Å²) in [5.74, 6) is -0.792. The molecule has 4 rings (SSSR count). The van der Waals surface area contributed by atoms with E-state index in [1.807, 2.05) is 24.0 Å². The molecule has 2 aliphatic rings. The molecule has 8 heteroatoms. The van der Waals surface area contributed by atoms with E-state index in [1.165, 1.54) is 21.5 Å². The lowest BCUT2D eigenvalue weighted by atomic mass is 9.93. The molecule has 1 amide bonds. The van der Waals surface area contributed by atoms with Crippen molar-refractivity contribution in [1.29, 1.82) is 0 Å². The molecule has 160 valence electrons. The number of amides is 1. The molecule has 30 heavy (non-hydrogen) atoms. The van der Waals surface area contributed by atoms with Crippen molar-refractivity contribution < 1.29 is 17.6 Å². The van der Waals surface area contributed by atoms with Crippen molar-refractivity contribution in [3.8, 4) is 0 Å². The molecule has 0 radical (unpaired) electrons. The zero-order valence-electron chi connectivity index (χ0n) is 16.8. The number of nitrogens with zero attached hydrogens (tertiary/aromatic N) is 2. The fraction of sp³-hybridized carbons (Fsp3) is 0.409. The number of rotatable bonds is 3. The maximum Gasteiger partial charge on any atom is 0.243 e. The third kappa shape index (κ3) is 3.98. The van der Waals surface area contributed by atoms with Gasteiger partial charge in [-0.3, -0.25) is 4.79 Å². The molecule has 5 nitrogen and oxygen atoms in total. The number of aryl methyl sites for hydroxylation is 2. The summed E-state index contributed by atoms with van der Waals surface area (Å²) in [6.45, 7) is 3.25. The van der Waals surface area contributed by atoms with E-state index in [0.717, 1.165) is 30.7 Å². The highest BCUT2D eigenvalue weighted by molar-refractivity contribution is 7.89. The molecule has 0 bridgehead atoms. The second-order valence-electron chi connectivity index (χ2n) is 7.98. The van der Waals surface area contributed by atoms with Crippen molar-refractivity contribution in [3.63, 3.8) is 0 Å². The molecule has 2 aliphatic heterocycles. The Morgan fingerprint density at radius 3 is 2.53 bits per heavy atom. The van der Waals surface area contributed by atoms with Crippen LogP contribution in [-0.4, -0.2) is 38.3 Å². The van der Waals surface area contributed by atoms with Crippen LogP contribution in [0.5, 0.6) is 0 Å². The molecule has 0 saturated carbocycles. The van der Waals surface area contributed by atoms with Crippen LogP contribution in [0.15, 0.2) is 41.3 Å². The van der Waals surface area contributed by atoms with Crippen molar-refractivity contribution >= 4 is 33.2 Å². The first-order chi connectivity index (χ1) is 14.3. The molecular formula is C22H24ClFN2O3S. The summed E-state index contributed by atoms with van der Waals surface area (Å²) < 4.78 is 40.5. The Morgan fingerprint density at radius 1 is 1.10 bits per heavy atom. The van der Waals surface area contributed by atoms with Gasteiger partial charge in [-0.15, -0.1) is 0 Å². The van der Waals surface area contributed by atoms with Gasteiger partial charge in [0, 0.05) is 31.2 Å². The second kappa shape index (κ2) is 8.29. The Bertz CT molecular complexity index is 1080. The number of benzene rings is 2. The van der Waals surface area contributed by atoms with Crippen LogP contribution < -0.4 is 4.90 Å². The molecule has 2 heterocycles. The van der Waals surface area contributed by atoms with Crippen molar-refractivity contribution in [2.75, 3.05) is 24.5 Å². The van der Waals surface area contributed by atoms with Gasteiger partial charge in [0.05, 0.1) is 9.92 Å². The molecule has 0 N–H and O–H groups in total. The van der Waals surface area contributed by atoms with Crippen LogP contribution in [-0.2, 0) is 21.2 Å². The average molecular weight is 451 g/mol. The van der Waals surface area contributed by atoms with Gasteiger partial charge in [0.15, 0.2) is 0 Å². The van der Waals surface area contributed by atoms with Gasteiger partial charge in [-0.2, -0.15) is 4.31 Å². The molecule has 2 aromatic rings. The molecular weight excluding hydrogens is 427 g/mol. The van der Waals surface area contributed by atoms with E-state index >= 15 is 0 Å². The van der Waals surface area contributed by atoms with Crippen molar-refractivity contribution in [2.24, 2.45) is 5.92 Å². The fourth-order valence-corrected chi connectivity index (χ4v) is 6.05. The van der Waals surface area contributed by atoms with E-state index in [4.69, 9.17) is 11.6 Å². The maximum absolute atomic E-state index is 13.4. The first kappa shape index (κ1) is 21.3. The predicted molar refractivity (Wildman–Crippen MR) is 115 cm³/mol. The first-order valence-corrected chi connectivity index (χ1v) is 12.0. The number of carbonyl (C=O) groups excluding carboxylic acids is 1. The van der Waals surface area contributed by atoms with Crippen molar-refractivity contribution in [3.05, 3.63) is 58.4 Å². The number of halogens is 2. The van der Waals surface area contributed by atoms with Crippen molar-refractivity contribution in [1.82, 2.24) is 4.31 Å². The topological polar surface area (TPSA) is 57.7 Å². The summed E-state index contributed by atoms with van der Waals surface area (Å²) in [5, 5.41) is -0.222. The number of hydrogen-bond acceptors (Lipinski definition) is 3. The van der Waals surface area contributed by atoms with Gasteiger partial charge in [0.25, 0.3) is 0 Å². The largest absolute Gasteiger partial charge is 0.312 e. The van der Waals surface area contributed by atoms with E-state index < -0.39 is 15.8 Å². The first-order valence-electron chi connectivity index (χ1n) is 10.1. The Labute approximate surface area is 181 Å². The van der Waals surface area contributed by atoms with Crippen LogP contribution >= 0.6 is 11.6 Å². The van der Waals surface area contributed by atoms with Crippen LogP contribution in [0.4, 0.5) is 10.1 Å². The minimum atomic E-state index is -3.77. The number of fused-ring (bicyclic) bond motifs is 1. The molecule has 0 spiro atoms. The Kier molecular flexibility index (Phi) is 5.88. The number of hydrogen-bond donors (Lipinski definition) is 0. The summed E-state index contributed by atoms with van der Waals surface area (Å²) >= 11 is 5.75. The number of carbonyl (C=O) groups is 1. The van der Waals surface area contributed by atoms with Crippen LogP contribution in [0.1, 0.15) is 30.4 Å². The van der Waals surface area contributed by atoms with Gasteiger partial charge in [-0.05, 0) is 62.4 Å². The van der Waals surface area contributed by atoms with Gasteiger partial charge < -0.3 is 4.90 Å². The molecule has 2 aromatic carbocycles. The van der Waals surface area contributed by atoms with E-state index in [1.54, 1.807) is 0 Å². The minimum absolute atomic E-state index is 0.0287. The van der Waals surface area contributed by atoms with Gasteiger partial charge in [-0.1, -0.05) is 29.3 Å². The van der Waals surface area contributed by atoms with Crippen molar-refractivity contribution in [2.45, 2.75) is 37.5 Å². The van der Waals surface area contributed by atoms with Crippen LogP contribution in [0.3, 0.4) is 0 Å². The van der Waals surface area contributed by atoms with Gasteiger partial charge in [-0.25, -0.2) is 12.8 Å². The average Bonchev–Trinajstić information content (AvgIpc) is 2.74. The standard InChI is InChI=1S/C22H24ClFN2O3S/c1-15-4-7-21-17(13-15)3-2-10-26(21)22(27)16-8-11-25(12-9-16)30(28,29)18-5-6-20(24)19(23)14-18/h4-7,13-14,16H,2-3,8-12H2,1H3. The minimum Gasteiger partial charge on any atom is -0.312 e. The third-order valence-corrected chi connectivity index (χ3v) is 8.14. The molecule has 0 aromatic heterocycles. The van der Waals surface area contributed by atoms with Gasteiger partial charge in [0.1, 0.15) is 5.82 Å². The highest BCUT2D eigenvalue weighted by Gasteiger charge is 2.35. The highest BCUT2D eigenvalue weighted by atomic mass is 35.5. The second-order valence-corrected chi connectivity index (χ2v) is 10.3. The quantitative estimate of drug-likeness (QED) is 0.705. The number of piperidine rings is 1. The van der Waals surface area contributed by atoms with Crippen LogP contribution in [0, 0.1) is 18.7 Å². The van der Waals surface area contributed by atoms with Gasteiger partial charge >= 0.3 is 0 Å². The van der Waals surface area contributed by atoms with Crippen LogP contribution in [0.25, 0.3) is 0 Å². The van der Waals surface area contributed by atoms with Crippen LogP contribution in [0.2, 0.25) is 5.02 Å². The predicted octanol–water partition coefficient (Wildman–Crippen LogP) is 4.17. The number of anilines is 1. The highest BCUT2D eigenvalue weighted by Crippen LogP contribution is 2.32. The summed E-state index contributed by atoms with van der Waals surface area (Å²) in [4.78, 5) is 15.0. The monoisotopic (exact) mass is 450 g/mol. The third-order valence-electron chi connectivity index (χ3n) is 5.95. The zero-order chi connectivity index (χ0) is 21.5. The normalized spacial score (nSPS) is 18.3. The lowest BCUT2D eigenvalue weighted by Crippen LogP contribution is -2.45. The molecule has 0 unspecified atom stereocenters. The zero-order valence-corrected chi connectivity index (χ0v) is 18.3. The van der Waals surface area contributed by atoms with Gasteiger partial charge in [0.2, 0.25) is 15.9 Å².